The second kappa shape index (κ2) is 4.93. The highest BCUT2D eigenvalue weighted by molar-refractivity contribution is 6.83. The second-order valence-corrected chi connectivity index (χ2v) is 10.1. The van der Waals surface area contributed by atoms with Crippen LogP contribution >= 0.6 is 0 Å². The van der Waals surface area contributed by atoms with Gasteiger partial charge in [0.2, 0.25) is 0 Å². The van der Waals surface area contributed by atoms with E-state index < -0.39 is 14.2 Å². The van der Waals surface area contributed by atoms with E-state index in [0.717, 1.165) is 10.8 Å². The molecule has 1 atom stereocenters. The predicted molar refractivity (Wildman–Crippen MR) is 77.8 cm³/mol. The lowest BCUT2D eigenvalue weighted by molar-refractivity contribution is 0.233. The molecule has 0 unspecified atom stereocenters. The van der Waals surface area contributed by atoms with Crippen LogP contribution in [0.2, 0.25) is 19.6 Å². The van der Waals surface area contributed by atoms with Gasteiger partial charge in [0.15, 0.2) is 6.10 Å². The smallest absolute Gasteiger partial charge is 0.156 e. The van der Waals surface area contributed by atoms with Gasteiger partial charge in [0.1, 0.15) is 8.07 Å². The van der Waals surface area contributed by atoms with Gasteiger partial charge in [0.05, 0.1) is 5.69 Å². The van der Waals surface area contributed by atoms with E-state index in [2.05, 4.69) is 36.1 Å². The largest absolute Gasteiger partial charge is 0.374 e. The molecule has 2 aromatic rings. The fourth-order valence-electron chi connectivity index (χ4n) is 1.61. The third-order valence-electron chi connectivity index (χ3n) is 2.52. The van der Waals surface area contributed by atoms with Crippen molar-refractivity contribution in [2.45, 2.75) is 25.7 Å². The lowest BCUT2D eigenvalue weighted by atomic mass is 10.1. The molecule has 0 radical (unpaired) electrons. The Morgan fingerprint density at radius 3 is 2.50 bits per heavy atom. The summed E-state index contributed by atoms with van der Waals surface area (Å²) in [7, 11) is -1.46. The number of pyridine rings is 1. The molecule has 0 amide bonds. The minimum absolute atomic E-state index is 0.624. The highest BCUT2D eigenvalue weighted by Crippen LogP contribution is 2.17. The van der Waals surface area contributed by atoms with E-state index in [0.29, 0.717) is 5.69 Å². The van der Waals surface area contributed by atoms with Crippen LogP contribution in [0.15, 0.2) is 36.5 Å². The van der Waals surface area contributed by atoms with Gasteiger partial charge in [-0.3, -0.25) is 4.98 Å². The molecule has 92 valence electrons. The zero-order valence-electron chi connectivity index (χ0n) is 10.9. The quantitative estimate of drug-likeness (QED) is 0.627. The first-order valence-corrected chi connectivity index (χ1v) is 9.51. The maximum absolute atomic E-state index is 10.0. The maximum Gasteiger partial charge on any atom is 0.156 e. The average Bonchev–Trinajstić information content (AvgIpc) is 2.34. The van der Waals surface area contributed by atoms with Crippen LogP contribution in [0.4, 0.5) is 0 Å². The summed E-state index contributed by atoms with van der Waals surface area (Å²) in [5.41, 5.74) is 3.79. The third-order valence-corrected chi connectivity index (χ3v) is 3.41. The summed E-state index contributed by atoms with van der Waals surface area (Å²) in [4.78, 5) is 4.27. The zero-order chi connectivity index (χ0) is 13.2. The van der Waals surface area contributed by atoms with Gasteiger partial charge < -0.3 is 5.11 Å². The van der Waals surface area contributed by atoms with Crippen molar-refractivity contribution in [3.8, 4) is 11.5 Å². The standard InChI is InChI=1S/C15H17NOSi/c1-18(2,3)9-8-15(17)14-10-12-6-4-5-7-13(12)11-16-14/h4-7,10-11,15,17H,1-3H3/t15-/m1/s1. The summed E-state index contributed by atoms with van der Waals surface area (Å²) < 4.78 is 0. The van der Waals surface area contributed by atoms with Gasteiger partial charge >= 0.3 is 0 Å². The molecule has 1 N–H and O–H groups in total. The Bertz CT molecular complexity index is 619. The number of rotatable bonds is 1. The minimum atomic E-state index is -1.46. The van der Waals surface area contributed by atoms with Gasteiger partial charge in [-0.2, -0.15) is 0 Å². The Morgan fingerprint density at radius 2 is 1.83 bits per heavy atom. The number of aromatic nitrogens is 1. The lowest BCUT2D eigenvalue weighted by Crippen LogP contribution is -2.17. The van der Waals surface area contributed by atoms with Crippen molar-refractivity contribution in [1.29, 1.82) is 0 Å². The van der Waals surface area contributed by atoms with Crippen molar-refractivity contribution in [2.75, 3.05) is 0 Å². The van der Waals surface area contributed by atoms with Crippen molar-refractivity contribution >= 4 is 18.8 Å². The van der Waals surface area contributed by atoms with Crippen LogP contribution in [-0.4, -0.2) is 18.2 Å². The van der Waals surface area contributed by atoms with Gasteiger partial charge in [0.25, 0.3) is 0 Å². The maximum atomic E-state index is 10.0. The van der Waals surface area contributed by atoms with Crippen LogP contribution in [-0.2, 0) is 0 Å². The topological polar surface area (TPSA) is 33.1 Å². The summed E-state index contributed by atoms with van der Waals surface area (Å²) >= 11 is 0. The molecule has 1 aromatic heterocycles. The highest BCUT2D eigenvalue weighted by atomic mass is 28.3. The molecule has 2 rings (SSSR count). The molecule has 3 heteroatoms. The molecule has 0 spiro atoms. The van der Waals surface area contributed by atoms with Crippen molar-refractivity contribution < 1.29 is 5.11 Å². The molecule has 0 aliphatic rings. The summed E-state index contributed by atoms with van der Waals surface area (Å²) in [5.74, 6) is 2.91. The van der Waals surface area contributed by atoms with Crippen LogP contribution in [0.3, 0.4) is 0 Å². The monoisotopic (exact) mass is 255 g/mol. The van der Waals surface area contributed by atoms with Gasteiger partial charge in [-0.25, -0.2) is 0 Å². The van der Waals surface area contributed by atoms with E-state index in [9.17, 15) is 5.11 Å². The van der Waals surface area contributed by atoms with Crippen LogP contribution in [0.25, 0.3) is 10.8 Å². The molecule has 0 fully saturated rings. The van der Waals surface area contributed by atoms with Gasteiger partial charge in [-0.1, -0.05) is 49.8 Å². The number of aliphatic hydroxyl groups excluding tert-OH is 1. The van der Waals surface area contributed by atoms with Crippen LogP contribution in [0.1, 0.15) is 11.8 Å². The first kappa shape index (κ1) is 12.8. The molecule has 0 aliphatic heterocycles. The molecule has 18 heavy (non-hydrogen) atoms. The average molecular weight is 255 g/mol. The molecule has 2 nitrogen and oxygen atoms in total. The van der Waals surface area contributed by atoms with Crippen molar-refractivity contribution in [3.63, 3.8) is 0 Å². The first-order chi connectivity index (χ1) is 8.46. The number of benzene rings is 1. The Kier molecular flexibility index (Phi) is 3.51. The van der Waals surface area contributed by atoms with Gasteiger partial charge in [0, 0.05) is 11.6 Å². The molecule has 1 aromatic carbocycles. The molecule has 0 saturated heterocycles. The predicted octanol–water partition coefficient (Wildman–Crippen LogP) is 3.15. The van der Waals surface area contributed by atoms with Gasteiger partial charge in [-0.05, 0) is 11.5 Å². The van der Waals surface area contributed by atoms with Gasteiger partial charge in [-0.15, -0.1) is 5.54 Å². The molecule has 0 bridgehead atoms. The second-order valence-electron chi connectivity index (χ2n) is 5.38. The van der Waals surface area contributed by atoms with E-state index in [1.807, 2.05) is 30.3 Å². The Morgan fingerprint density at radius 1 is 1.17 bits per heavy atom. The van der Waals surface area contributed by atoms with Crippen LogP contribution in [0.5, 0.6) is 0 Å². The molecule has 0 saturated carbocycles. The fourth-order valence-corrected chi connectivity index (χ4v) is 2.18. The molecule has 1 heterocycles. The summed E-state index contributed by atoms with van der Waals surface area (Å²) in [5, 5.41) is 12.2. The van der Waals surface area contributed by atoms with Crippen molar-refractivity contribution in [2.24, 2.45) is 0 Å². The van der Waals surface area contributed by atoms with E-state index in [-0.39, 0.29) is 0 Å². The zero-order valence-corrected chi connectivity index (χ0v) is 11.9. The Labute approximate surface area is 109 Å². The van der Waals surface area contributed by atoms with E-state index in [1.165, 1.54) is 0 Å². The van der Waals surface area contributed by atoms with Crippen LogP contribution < -0.4 is 0 Å². The number of hydrogen-bond acceptors (Lipinski definition) is 2. The SMILES string of the molecule is C[Si](C)(C)C#C[C@@H](O)c1cc2ccccc2cn1. The number of fused-ring (bicyclic) bond motifs is 1. The van der Waals surface area contributed by atoms with Crippen molar-refractivity contribution in [1.82, 2.24) is 4.98 Å². The summed E-state index contributed by atoms with van der Waals surface area (Å²) in [6, 6.07) is 9.88. The first-order valence-electron chi connectivity index (χ1n) is 6.01. The highest BCUT2D eigenvalue weighted by Gasteiger charge is 2.10. The van der Waals surface area contributed by atoms with E-state index in [1.54, 1.807) is 6.20 Å². The third kappa shape index (κ3) is 3.19. The molecule has 0 aliphatic carbocycles. The Balaban J connectivity index is 2.33. The normalized spacial score (nSPS) is 12.9. The van der Waals surface area contributed by atoms with Crippen LogP contribution in [0, 0.1) is 11.5 Å². The van der Waals surface area contributed by atoms with Crippen molar-refractivity contribution in [3.05, 3.63) is 42.2 Å². The lowest BCUT2D eigenvalue weighted by Gasteiger charge is -2.07. The van der Waals surface area contributed by atoms with E-state index in [4.69, 9.17) is 0 Å². The fraction of sp³-hybridized carbons (Fsp3) is 0.267. The van der Waals surface area contributed by atoms with E-state index >= 15 is 0 Å². The number of nitrogens with zero attached hydrogens (tertiary/aromatic N) is 1. The summed E-state index contributed by atoms with van der Waals surface area (Å²) in [6.07, 6.45) is 0.991. The molecular weight excluding hydrogens is 238 g/mol. The number of hydrogen-bond donors (Lipinski definition) is 1. The summed E-state index contributed by atoms with van der Waals surface area (Å²) in [6.45, 7) is 6.46. The minimum Gasteiger partial charge on any atom is -0.374 e. The number of aliphatic hydroxyl groups is 1. The molecular formula is C15H17NOSi. The Hall–Kier alpha value is -1.63.